The van der Waals surface area contributed by atoms with Crippen molar-refractivity contribution in [2.75, 3.05) is 31.2 Å². The Balaban J connectivity index is 1.54. The van der Waals surface area contributed by atoms with Gasteiger partial charge >= 0.3 is 0 Å². The molecule has 1 aromatic rings. The van der Waals surface area contributed by atoms with Crippen LogP contribution in [0.1, 0.15) is 31.2 Å². The van der Waals surface area contributed by atoms with E-state index in [4.69, 9.17) is 9.47 Å². The van der Waals surface area contributed by atoms with Crippen molar-refractivity contribution in [3.8, 4) is 0 Å². The van der Waals surface area contributed by atoms with E-state index >= 15 is 0 Å². The first-order chi connectivity index (χ1) is 11.1. The maximum Gasteiger partial charge on any atom is 0.272 e. The maximum absolute atomic E-state index is 10.9. The average Bonchev–Trinajstić information content (AvgIpc) is 2.56. The molecule has 2 fully saturated rings. The van der Waals surface area contributed by atoms with Crippen LogP contribution in [0.4, 0.5) is 11.4 Å². The summed E-state index contributed by atoms with van der Waals surface area (Å²) in [6.07, 6.45) is 4.69. The van der Waals surface area contributed by atoms with Crippen molar-refractivity contribution in [2.24, 2.45) is 0 Å². The highest BCUT2D eigenvalue weighted by molar-refractivity contribution is 5.55. The Bertz CT molecular complexity index is 550. The van der Waals surface area contributed by atoms with Gasteiger partial charge < -0.3 is 14.4 Å². The van der Waals surface area contributed by atoms with Gasteiger partial charge in [0.1, 0.15) is 0 Å². The lowest BCUT2D eigenvalue weighted by molar-refractivity contribution is -0.385. The first-order valence-electron chi connectivity index (χ1n) is 8.36. The van der Waals surface area contributed by atoms with E-state index in [1.165, 1.54) is 0 Å². The molecule has 0 aliphatic carbocycles. The number of aryl methyl sites for hydroxylation is 1. The fraction of sp³-hybridized carbons (Fsp3) is 0.647. The van der Waals surface area contributed by atoms with E-state index < -0.39 is 0 Å². The van der Waals surface area contributed by atoms with Gasteiger partial charge in [0.15, 0.2) is 0 Å². The third-order valence-electron chi connectivity index (χ3n) is 4.74. The molecule has 2 aliphatic heterocycles. The molecule has 6 heteroatoms. The van der Waals surface area contributed by atoms with Crippen LogP contribution in [0.2, 0.25) is 0 Å². The summed E-state index contributed by atoms with van der Waals surface area (Å²) in [7, 11) is 0. The summed E-state index contributed by atoms with van der Waals surface area (Å²) in [5.41, 5.74) is 1.97. The highest BCUT2D eigenvalue weighted by Crippen LogP contribution is 2.27. The number of ether oxygens (including phenoxy) is 2. The van der Waals surface area contributed by atoms with Crippen LogP contribution in [0.15, 0.2) is 18.2 Å². The number of piperidine rings is 1. The predicted octanol–water partition coefficient (Wildman–Crippen LogP) is 3.07. The zero-order valence-corrected chi connectivity index (χ0v) is 13.6. The van der Waals surface area contributed by atoms with E-state index in [9.17, 15) is 10.1 Å². The molecule has 126 valence electrons. The van der Waals surface area contributed by atoms with E-state index in [2.05, 4.69) is 4.90 Å². The van der Waals surface area contributed by atoms with Gasteiger partial charge in [0, 0.05) is 43.6 Å². The molecule has 0 saturated carbocycles. The largest absolute Gasteiger partial charge is 0.381 e. The van der Waals surface area contributed by atoms with Crippen molar-refractivity contribution in [3.63, 3.8) is 0 Å². The minimum absolute atomic E-state index is 0.187. The van der Waals surface area contributed by atoms with Gasteiger partial charge in [-0.05, 0) is 44.7 Å². The Hall–Kier alpha value is -1.66. The Morgan fingerprint density at radius 3 is 2.43 bits per heavy atom. The lowest BCUT2D eigenvalue weighted by Gasteiger charge is -2.36. The van der Waals surface area contributed by atoms with Crippen LogP contribution in [0.3, 0.4) is 0 Å². The molecular formula is C17H24N2O4. The molecule has 23 heavy (non-hydrogen) atoms. The van der Waals surface area contributed by atoms with Gasteiger partial charge in [-0.3, -0.25) is 10.1 Å². The van der Waals surface area contributed by atoms with Crippen molar-refractivity contribution < 1.29 is 14.4 Å². The molecule has 0 aromatic heterocycles. The Morgan fingerprint density at radius 1 is 1.17 bits per heavy atom. The van der Waals surface area contributed by atoms with Crippen LogP contribution in [-0.2, 0) is 9.47 Å². The van der Waals surface area contributed by atoms with Crippen LogP contribution < -0.4 is 4.90 Å². The van der Waals surface area contributed by atoms with E-state index in [0.29, 0.717) is 17.8 Å². The van der Waals surface area contributed by atoms with Crippen LogP contribution in [-0.4, -0.2) is 43.4 Å². The number of rotatable bonds is 4. The van der Waals surface area contributed by atoms with Crippen molar-refractivity contribution >= 4 is 11.4 Å². The van der Waals surface area contributed by atoms with Gasteiger partial charge in [0.25, 0.3) is 5.69 Å². The second-order valence-electron chi connectivity index (χ2n) is 6.36. The minimum Gasteiger partial charge on any atom is -0.381 e. The number of nitrogens with zero attached hydrogens (tertiary/aromatic N) is 2. The van der Waals surface area contributed by atoms with Gasteiger partial charge in [0.2, 0.25) is 0 Å². The minimum atomic E-state index is -0.326. The van der Waals surface area contributed by atoms with Crippen molar-refractivity contribution in [2.45, 2.75) is 44.8 Å². The molecule has 1 aromatic carbocycles. The summed E-state index contributed by atoms with van der Waals surface area (Å²) in [5.74, 6) is 0. The molecule has 0 unspecified atom stereocenters. The fourth-order valence-corrected chi connectivity index (χ4v) is 3.38. The topological polar surface area (TPSA) is 64.8 Å². The third kappa shape index (κ3) is 4.00. The Labute approximate surface area is 136 Å². The molecule has 0 spiro atoms. The summed E-state index contributed by atoms with van der Waals surface area (Å²) < 4.78 is 11.6. The Kier molecular flexibility index (Phi) is 5.13. The summed E-state index contributed by atoms with van der Waals surface area (Å²) in [4.78, 5) is 12.9. The smallest absolute Gasteiger partial charge is 0.272 e. The summed E-state index contributed by atoms with van der Waals surface area (Å²) in [6, 6.07) is 5.37. The number of nitro groups is 1. The molecule has 0 atom stereocenters. The maximum atomic E-state index is 10.9. The van der Waals surface area contributed by atoms with Crippen LogP contribution >= 0.6 is 0 Å². The molecule has 0 amide bonds. The first kappa shape index (κ1) is 16.2. The van der Waals surface area contributed by atoms with E-state index in [0.717, 1.165) is 57.7 Å². The highest BCUT2D eigenvalue weighted by Gasteiger charge is 2.24. The molecule has 2 saturated heterocycles. The zero-order chi connectivity index (χ0) is 16.2. The molecule has 2 aliphatic rings. The number of hydrogen-bond donors (Lipinski definition) is 0. The van der Waals surface area contributed by atoms with Crippen LogP contribution in [0.25, 0.3) is 0 Å². The molecule has 0 bridgehead atoms. The summed E-state index contributed by atoms with van der Waals surface area (Å²) in [5, 5.41) is 10.9. The van der Waals surface area contributed by atoms with Crippen LogP contribution in [0, 0.1) is 17.0 Å². The van der Waals surface area contributed by atoms with E-state index in [1.807, 2.05) is 12.1 Å². The normalized spacial score (nSPS) is 20.7. The van der Waals surface area contributed by atoms with Crippen molar-refractivity contribution in [1.82, 2.24) is 0 Å². The molecule has 0 N–H and O–H groups in total. The average molecular weight is 320 g/mol. The molecule has 2 heterocycles. The van der Waals surface area contributed by atoms with Gasteiger partial charge in [-0.25, -0.2) is 0 Å². The standard InChI is InChI=1S/C17H24N2O4/c1-13-12-14(2-3-17(13)19(20)21)18-8-4-15(5-9-18)23-16-6-10-22-11-7-16/h2-3,12,15-16H,4-11H2,1H3. The van der Waals surface area contributed by atoms with Gasteiger partial charge in [0.05, 0.1) is 17.1 Å². The predicted molar refractivity (Wildman–Crippen MR) is 88.0 cm³/mol. The van der Waals surface area contributed by atoms with E-state index in [1.54, 1.807) is 13.0 Å². The highest BCUT2D eigenvalue weighted by atomic mass is 16.6. The van der Waals surface area contributed by atoms with Gasteiger partial charge in [-0.1, -0.05) is 0 Å². The summed E-state index contributed by atoms with van der Waals surface area (Å²) >= 11 is 0. The van der Waals surface area contributed by atoms with E-state index in [-0.39, 0.29) is 10.6 Å². The second-order valence-corrected chi connectivity index (χ2v) is 6.36. The number of hydrogen-bond acceptors (Lipinski definition) is 5. The van der Waals surface area contributed by atoms with Gasteiger partial charge in [-0.15, -0.1) is 0 Å². The number of benzene rings is 1. The third-order valence-corrected chi connectivity index (χ3v) is 4.74. The second kappa shape index (κ2) is 7.27. The van der Waals surface area contributed by atoms with Gasteiger partial charge in [-0.2, -0.15) is 0 Å². The SMILES string of the molecule is Cc1cc(N2CCC(OC3CCOCC3)CC2)ccc1[N+](=O)[O-]. The quantitative estimate of drug-likeness (QED) is 0.630. The number of nitro benzene ring substituents is 1. The molecule has 3 rings (SSSR count). The molecular weight excluding hydrogens is 296 g/mol. The lowest BCUT2D eigenvalue weighted by atomic mass is 10.0. The number of anilines is 1. The molecule has 6 nitrogen and oxygen atoms in total. The summed E-state index contributed by atoms with van der Waals surface area (Å²) in [6.45, 7) is 5.29. The Morgan fingerprint density at radius 2 is 1.83 bits per heavy atom. The first-order valence-corrected chi connectivity index (χ1v) is 8.36. The zero-order valence-electron chi connectivity index (χ0n) is 13.6. The molecule has 0 radical (unpaired) electrons. The van der Waals surface area contributed by atoms with Crippen molar-refractivity contribution in [3.05, 3.63) is 33.9 Å². The monoisotopic (exact) mass is 320 g/mol. The lowest BCUT2D eigenvalue weighted by Crippen LogP contribution is -2.39. The van der Waals surface area contributed by atoms with Crippen LogP contribution in [0.5, 0.6) is 0 Å². The fourth-order valence-electron chi connectivity index (χ4n) is 3.38. The van der Waals surface area contributed by atoms with Crippen molar-refractivity contribution in [1.29, 1.82) is 0 Å².